The molecule has 5 heterocycles. The lowest BCUT2D eigenvalue weighted by Gasteiger charge is -2.25. The van der Waals surface area contributed by atoms with E-state index in [9.17, 15) is 0 Å². The number of pyridine rings is 2. The van der Waals surface area contributed by atoms with Crippen molar-refractivity contribution < 1.29 is 0 Å². The number of benzene rings is 1. The van der Waals surface area contributed by atoms with Gasteiger partial charge in [0.2, 0.25) is 0 Å². The predicted molar refractivity (Wildman–Crippen MR) is 134 cm³/mol. The monoisotopic (exact) mass is 447 g/mol. The number of hydrogen-bond donors (Lipinski definition) is 3. The second kappa shape index (κ2) is 8.78. The second-order valence-electron chi connectivity index (χ2n) is 8.60. The van der Waals surface area contributed by atoms with Crippen LogP contribution in [0.4, 0.5) is 0 Å². The number of nitrogens with zero attached hydrogens (tertiary/aromatic N) is 4. The van der Waals surface area contributed by atoms with Gasteiger partial charge in [0.1, 0.15) is 11.3 Å². The highest BCUT2D eigenvalue weighted by Gasteiger charge is 2.16. The first kappa shape index (κ1) is 20.7. The maximum absolute atomic E-state index is 4.92. The number of aromatic nitrogens is 5. The molecule has 0 radical (unpaired) electrons. The van der Waals surface area contributed by atoms with Crippen LogP contribution in [0.5, 0.6) is 0 Å². The zero-order valence-electron chi connectivity index (χ0n) is 18.9. The van der Waals surface area contributed by atoms with Gasteiger partial charge in [0.15, 0.2) is 5.82 Å². The summed E-state index contributed by atoms with van der Waals surface area (Å²) in [7, 11) is 0. The fourth-order valence-corrected chi connectivity index (χ4v) is 4.47. The molecule has 4 aromatic heterocycles. The Bertz CT molecular complexity index is 1450. The van der Waals surface area contributed by atoms with Gasteiger partial charge in [0.25, 0.3) is 0 Å². The molecule has 7 nitrogen and oxygen atoms in total. The number of piperazine rings is 1. The van der Waals surface area contributed by atoms with Crippen molar-refractivity contribution in [2.45, 2.75) is 13.0 Å². The van der Waals surface area contributed by atoms with E-state index in [2.05, 4.69) is 55.9 Å². The van der Waals surface area contributed by atoms with E-state index >= 15 is 0 Å². The molecular formula is C27H25N7. The van der Waals surface area contributed by atoms with Crippen molar-refractivity contribution in [3.05, 3.63) is 84.4 Å². The minimum atomic E-state index is 0.351. The Balaban J connectivity index is 1.38. The van der Waals surface area contributed by atoms with Crippen LogP contribution in [-0.4, -0.2) is 44.6 Å². The molecular weight excluding hydrogens is 422 g/mol. The molecule has 34 heavy (non-hydrogen) atoms. The molecule has 7 heteroatoms. The van der Waals surface area contributed by atoms with Gasteiger partial charge in [0.05, 0.1) is 5.69 Å². The Morgan fingerprint density at radius 3 is 2.56 bits per heavy atom. The second-order valence-corrected chi connectivity index (χ2v) is 8.60. The largest absolute Gasteiger partial charge is 0.346 e. The topological polar surface area (TPSA) is 91.4 Å². The van der Waals surface area contributed by atoms with E-state index in [1.54, 1.807) is 0 Å². The molecule has 0 amide bonds. The highest BCUT2D eigenvalue weighted by atomic mass is 15.1. The lowest BCUT2D eigenvalue weighted by Crippen LogP contribution is -2.42. The number of rotatable bonds is 4. The van der Waals surface area contributed by atoms with Crippen LogP contribution in [0.1, 0.15) is 17.3 Å². The van der Waals surface area contributed by atoms with Crippen LogP contribution in [0.2, 0.25) is 0 Å². The molecule has 168 valence electrons. The molecule has 5 aromatic rings. The van der Waals surface area contributed by atoms with Gasteiger partial charge in [-0.3, -0.25) is 4.98 Å². The third kappa shape index (κ3) is 3.96. The van der Waals surface area contributed by atoms with Crippen molar-refractivity contribution >= 4 is 11.0 Å². The summed E-state index contributed by atoms with van der Waals surface area (Å²) in [6, 6.07) is 19.1. The van der Waals surface area contributed by atoms with E-state index in [4.69, 9.17) is 9.97 Å². The molecule has 0 saturated carbocycles. The highest BCUT2D eigenvalue weighted by molar-refractivity contribution is 5.92. The molecule has 1 unspecified atom stereocenters. The summed E-state index contributed by atoms with van der Waals surface area (Å²) in [5, 5.41) is 7.97. The number of fused-ring (bicyclic) bond motifs is 1. The van der Waals surface area contributed by atoms with Crippen molar-refractivity contribution in [1.82, 2.24) is 35.6 Å². The number of aromatic amines is 1. The van der Waals surface area contributed by atoms with Crippen LogP contribution in [0.25, 0.3) is 44.9 Å². The van der Waals surface area contributed by atoms with Crippen LogP contribution in [-0.2, 0) is 0 Å². The van der Waals surface area contributed by atoms with Crippen LogP contribution < -0.4 is 10.6 Å². The quantitative estimate of drug-likeness (QED) is 0.381. The zero-order valence-corrected chi connectivity index (χ0v) is 18.9. The maximum Gasteiger partial charge on any atom is 0.180 e. The number of hydrogen-bond acceptors (Lipinski definition) is 6. The molecule has 1 atom stereocenters. The minimum absolute atomic E-state index is 0.351. The lowest BCUT2D eigenvalue weighted by atomic mass is 9.99. The highest BCUT2D eigenvalue weighted by Crippen LogP contribution is 2.31. The predicted octanol–water partition coefficient (Wildman–Crippen LogP) is 4.29. The third-order valence-electron chi connectivity index (χ3n) is 6.23. The Morgan fingerprint density at radius 1 is 0.853 bits per heavy atom. The van der Waals surface area contributed by atoms with Gasteiger partial charge >= 0.3 is 0 Å². The normalized spacial score (nSPS) is 16.1. The summed E-state index contributed by atoms with van der Waals surface area (Å²) in [5.41, 5.74) is 7.72. The van der Waals surface area contributed by atoms with Crippen molar-refractivity contribution in [2.24, 2.45) is 0 Å². The average molecular weight is 448 g/mol. The summed E-state index contributed by atoms with van der Waals surface area (Å²) in [4.78, 5) is 22.0. The molecule has 3 N–H and O–H groups in total. The minimum Gasteiger partial charge on any atom is -0.346 e. The fraction of sp³-hybridized carbons (Fsp3) is 0.185. The first-order chi connectivity index (χ1) is 16.7. The Morgan fingerprint density at radius 2 is 1.74 bits per heavy atom. The van der Waals surface area contributed by atoms with Crippen molar-refractivity contribution in [3.63, 3.8) is 0 Å². The molecule has 0 aliphatic carbocycles. The molecule has 6 rings (SSSR count). The van der Waals surface area contributed by atoms with Crippen LogP contribution in [0.15, 0.2) is 73.2 Å². The van der Waals surface area contributed by atoms with Gasteiger partial charge in [-0.1, -0.05) is 30.3 Å². The van der Waals surface area contributed by atoms with Gasteiger partial charge in [-0.15, -0.1) is 0 Å². The molecule has 1 aliphatic heterocycles. The van der Waals surface area contributed by atoms with E-state index in [0.29, 0.717) is 11.9 Å². The summed E-state index contributed by atoms with van der Waals surface area (Å²) in [6.45, 7) is 4.93. The summed E-state index contributed by atoms with van der Waals surface area (Å²) >= 11 is 0. The third-order valence-corrected chi connectivity index (χ3v) is 6.23. The van der Waals surface area contributed by atoms with E-state index in [1.807, 2.05) is 49.8 Å². The van der Waals surface area contributed by atoms with E-state index in [1.165, 1.54) is 5.56 Å². The molecule has 1 fully saturated rings. The Kier molecular flexibility index (Phi) is 5.33. The number of nitrogens with one attached hydrogen (secondary N) is 3. The summed E-state index contributed by atoms with van der Waals surface area (Å²) < 4.78 is 0. The fourth-order valence-electron chi connectivity index (χ4n) is 4.47. The molecule has 1 saturated heterocycles. The summed E-state index contributed by atoms with van der Waals surface area (Å²) in [6.07, 6.45) is 5.65. The number of H-pyrrole nitrogens is 1. The summed E-state index contributed by atoms with van der Waals surface area (Å²) in [5.74, 6) is 0.594. The standard InChI is InChI=1S/C27H25N7/c1-17-3-2-4-23(32-17)27-33-25(22-9-10-31-26(22)34-27)21-13-20(14-29-15-21)18-5-7-19(8-6-18)24-16-28-11-12-30-24/h2-10,13-15,24,28,30H,11-12,16H2,1H3,(H,31,33,34). The molecule has 1 aliphatic rings. The van der Waals surface area contributed by atoms with Gasteiger partial charge in [-0.2, -0.15) is 0 Å². The van der Waals surface area contributed by atoms with Gasteiger partial charge in [-0.25, -0.2) is 15.0 Å². The van der Waals surface area contributed by atoms with Crippen molar-refractivity contribution in [2.75, 3.05) is 19.6 Å². The smallest absolute Gasteiger partial charge is 0.180 e. The van der Waals surface area contributed by atoms with Crippen molar-refractivity contribution in [3.8, 4) is 33.9 Å². The Hall–Kier alpha value is -3.94. The SMILES string of the molecule is Cc1cccc(-c2nc(-c3cncc(-c4ccc(C5CNCCN5)cc4)c3)c3cc[nH]c3n2)n1. The first-order valence-corrected chi connectivity index (χ1v) is 11.5. The maximum atomic E-state index is 4.92. The van der Waals surface area contributed by atoms with E-state index < -0.39 is 0 Å². The number of aryl methyl sites for hydroxylation is 1. The molecule has 1 aromatic carbocycles. The molecule has 0 spiro atoms. The van der Waals surface area contributed by atoms with E-state index in [-0.39, 0.29) is 0 Å². The Labute approximate surface area is 197 Å². The van der Waals surface area contributed by atoms with Crippen molar-refractivity contribution in [1.29, 1.82) is 0 Å². The zero-order chi connectivity index (χ0) is 22.9. The average Bonchev–Trinajstić information content (AvgIpc) is 3.38. The molecule has 0 bridgehead atoms. The van der Waals surface area contributed by atoms with Crippen LogP contribution in [0, 0.1) is 6.92 Å². The van der Waals surface area contributed by atoms with E-state index in [0.717, 1.165) is 64.4 Å². The van der Waals surface area contributed by atoms with Gasteiger partial charge < -0.3 is 15.6 Å². The first-order valence-electron chi connectivity index (χ1n) is 11.5. The lowest BCUT2D eigenvalue weighted by molar-refractivity contribution is 0.430. The van der Waals surface area contributed by atoms with Crippen LogP contribution >= 0.6 is 0 Å². The van der Waals surface area contributed by atoms with Gasteiger partial charge in [-0.05, 0) is 42.3 Å². The van der Waals surface area contributed by atoms with Crippen LogP contribution in [0.3, 0.4) is 0 Å². The van der Waals surface area contributed by atoms with Gasteiger partial charge in [0, 0.05) is 66.5 Å².